The van der Waals surface area contributed by atoms with Crippen molar-refractivity contribution < 1.29 is 4.79 Å². The molecule has 0 saturated carbocycles. The second-order valence-electron chi connectivity index (χ2n) is 4.52. The summed E-state index contributed by atoms with van der Waals surface area (Å²) in [6, 6.07) is 10.0. The van der Waals surface area contributed by atoms with Crippen molar-refractivity contribution in [2.45, 2.75) is 13.5 Å². The lowest BCUT2D eigenvalue weighted by Gasteiger charge is -2.07. The lowest BCUT2D eigenvalue weighted by Crippen LogP contribution is -2.17. The van der Waals surface area contributed by atoms with Gasteiger partial charge in [0, 0.05) is 13.6 Å². The zero-order chi connectivity index (χ0) is 15.4. The van der Waals surface area contributed by atoms with Gasteiger partial charge in [0.2, 0.25) is 0 Å². The van der Waals surface area contributed by atoms with E-state index in [0.29, 0.717) is 22.0 Å². The van der Waals surface area contributed by atoms with E-state index in [0.717, 1.165) is 5.56 Å². The molecule has 0 spiro atoms. The van der Waals surface area contributed by atoms with Gasteiger partial charge in [0.25, 0.3) is 5.91 Å². The third-order valence-corrected chi connectivity index (χ3v) is 4.35. The second-order valence-corrected chi connectivity index (χ2v) is 5.54. The molecule has 2 rings (SSSR count). The van der Waals surface area contributed by atoms with Gasteiger partial charge in [-0.15, -0.1) is 11.3 Å². The molecular formula is C15H16N4OS. The number of rotatable bonds is 4. The molecule has 2 aromatic rings. The number of nitrogen functional groups attached to an aromatic ring is 1. The van der Waals surface area contributed by atoms with Crippen molar-refractivity contribution in [2.75, 3.05) is 18.1 Å². The minimum atomic E-state index is -0.280. The number of aryl methyl sites for hydroxylation is 1. The van der Waals surface area contributed by atoms with E-state index in [1.165, 1.54) is 23.9 Å². The Balaban J connectivity index is 2.27. The molecule has 1 amide bonds. The molecule has 0 bridgehead atoms. The fraction of sp³-hybridized carbons (Fsp3) is 0.200. The highest BCUT2D eigenvalue weighted by molar-refractivity contribution is 7.18. The SMILES string of the molecule is CNC(=O)c1sc(NCc2ccccc2C)c(C#N)c1N. The first kappa shape index (κ1) is 14.9. The number of nitrogens with one attached hydrogen (secondary N) is 2. The van der Waals surface area contributed by atoms with Gasteiger partial charge < -0.3 is 16.4 Å². The largest absolute Gasteiger partial charge is 0.396 e. The molecule has 0 atom stereocenters. The maximum Gasteiger partial charge on any atom is 0.263 e. The number of amides is 1. The molecule has 0 saturated heterocycles. The van der Waals surface area contributed by atoms with Crippen LogP contribution in [0.3, 0.4) is 0 Å². The number of benzene rings is 1. The van der Waals surface area contributed by atoms with E-state index in [9.17, 15) is 10.1 Å². The molecule has 5 nitrogen and oxygen atoms in total. The molecule has 0 aliphatic heterocycles. The lowest BCUT2D eigenvalue weighted by atomic mass is 10.1. The van der Waals surface area contributed by atoms with Crippen LogP contribution in [0.2, 0.25) is 0 Å². The third kappa shape index (κ3) is 2.98. The van der Waals surface area contributed by atoms with Gasteiger partial charge in [0.05, 0.1) is 5.69 Å². The highest BCUT2D eigenvalue weighted by Gasteiger charge is 2.20. The number of nitriles is 1. The van der Waals surface area contributed by atoms with Crippen molar-refractivity contribution in [2.24, 2.45) is 0 Å². The number of nitrogens with zero attached hydrogens (tertiary/aromatic N) is 1. The smallest absolute Gasteiger partial charge is 0.263 e. The summed E-state index contributed by atoms with van der Waals surface area (Å²) in [6.07, 6.45) is 0. The maximum atomic E-state index is 11.7. The van der Waals surface area contributed by atoms with Crippen LogP contribution < -0.4 is 16.4 Å². The van der Waals surface area contributed by atoms with E-state index in [4.69, 9.17) is 5.73 Å². The molecule has 6 heteroatoms. The van der Waals surface area contributed by atoms with Crippen LogP contribution in [-0.2, 0) is 6.54 Å². The highest BCUT2D eigenvalue weighted by Crippen LogP contribution is 2.35. The Bertz CT molecular complexity index is 715. The molecule has 21 heavy (non-hydrogen) atoms. The van der Waals surface area contributed by atoms with E-state index in [-0.39, 0.29) is 11.6 Å². The number of hydrogen-bond donors (Lipinski definition) is 3. The lowest BCUT2D eigenvalue weighted by molar-refractivity contribution is 0.0968. The van der Waals surface area contributed by atoms with E-state index in [1.807, 2.05) is 31.2 Å². The van der Waals surface area contributed by atoms with Gasteiger partial charge in [0.1, 0.15) is 21.5 Å². The van der Waals surface area contributed by atoms with Gasteiger partial charge in [-0.3, -0.25) is 4.79 Å². The van der Waals surface area contributed by atoms with Crippen LogP contribution in [0.15, 0.2) is 24.3 Å². The van der Waals surface area contributed by atoms with Crippen LogP contribution in [0.1, 0.15) is 26.4 Å². The Morgan fingerprint density at radius 3 is 2.76 bits per heavy atom. The summed E-state index contributed by atoms with van der Waals surface area (Å²) in [6.45, 7) is 2.61. The van der Waals surface area contributed by atoms with Gasteiger partial charge >= 0.3 is 0 Å². The number of carbonyl (C=O) groups is 1. The molecule has 4 N–H and O–H groups in total. The summed E-state index contributed by atoms with van der Waals surface area (Å²) in [4.78, 5) is 12.1. The first-order valence-corrected chi connectivity index (χ1v) is 7.23. The van der Waals surface area contributed by atoms with Crippen molar-refractivity contribution in [3.05, 3.63) is 45.8 Å². The predicted molar refractivity (Wildman–Crippen MR) is 85.3 cm³/mol. The Labute approximate surface area is 127 Å². The molecule has 0 aliphatic carbocycles. The molecular weight excluding hydrogens is 284 g/mol. The average Bonchev–Trinajstić information content (AvgIpc) is 2.81. The molecule has 0 unspecified atom stereocenters. The Morgan fingerprint density at radius 2 is 2.14 bits per heavy atom. The molecule has 0 radical (unpaired) electrons. The predicted octanol–water partition coefficient (Wildman–Crippen LogP) is 2.48. The Morgan fingerprint density at radius 1 is 1.43 bits per heavy atom. The van der Waals surface area contributed by atoms with Crippen molar-refractivity contribution in [1.82, 2.24) is 5.32 Å². The minimum absolute atomic E-state index is 0.231. The van der Waals surface area contributed by atoms with Crippen molar-refractivity contribution >= 4 is 27.9 Å². The van der Waals surface area contributed by atoms with E-state index in [2.05, 4.69) is 16.7 Å². The van der Waals surface area contributed by atoms with Crippen molar-refractivity contribution in [3.63, 3.8) is 0 Å². The molecule has 0 fully saturated rings. The van der Waals surface area contributed by atoms with Crippen LogP contribution >= 0.6 is 11.3 Å². The van der Waals surface area contributed by atoms with Crippen LogP contribution in [-0.4, -0.2) is 13.0 Å². The quantitative estimate of drug-likeness (QED) is 0.809. The fourth-order valence-corrected chi connectivity index (χ4v) is 2.96. The first-order chi connectivity index (χ1) is 10.1. The molecule has 1 aromatic carbocycles. The summed E-state index contributed by atoms with van der Waals surface area (Å²) >= 11 is 1.20. The molecule has 1 heterocycles. The molecule has 108 valence electrons. The van der Waals surface area contributed by atoms with E-state index < -0.39 is 0 Å². The Hall–Kier alpha value is -2.52. The van der Waals surface area contributed by atoms with Gasteiger partial charge in [-0.1, -0.05) is 24.3 Å². The minimum Gasteiger partial charge on any atom is -0.396 e. The summed E-state index contributed by atoms with van der Waals surface area (Å²) in [5.74, 6) is -0.280. The van der Waals surface area contributed by atoms with Crippen molar-refractivity contribution in [3.8, 4) is 6.07 Å². The summed E-state index contributed by atoms with van der Waals surface area (Å²) in [5.41, 5.74) is 8.73. The summed E-state index contributed by atoms with van der Waals surface area (Å²) in [5, 5.41) is 15.6. The van der Waals surface area contributed by atoms with Crippen LogP contribution in [0.4, 0.5) is 10.7 Å². The zero-order valence-electron chi connectivity index (χ0n) is 11.9. The Kier molecular flexibility index (Phi) is 4.45. The van der Waals surface area contributed by atoms with Crippen LogP contribution in [0.25, 0.3) is 0 Å². The van der Waals surface area contributed by atoms with Gasteiger partial charge in [-0.05, 0) is 18.1 Å². The van der Waals surface area contributed by atoms with Gasteiger partial charge in [-0.25, -0.2) is 0 Å². The average molecular weight is 300 g/mol. The number of anilines is 2. The van der Waals surface area contributed by atoms with E-state index in [1.54, 1.807) is 0 Å². The van der Waals surface area contributed by atoms with E-state index >= 15 is 0 Å². The van der Waals surface area contributed by atoms with Gasteiger partial charge in [0.15, 0.2) is 0 Å². The number of hydrogen-bond acceptors (Lipinski definition) is 5. The standard InChI is InChI=1S/C15H16N4OS/c1-9-5-3-4-6-10(9)8-19-15-11(7-16)12(17)13(21-15)14(20)18-2/h3-6,19H,8,17H2,1-2H3,(H,18,20). The topological polar surface area (TPSA) is 90.9 Å². The third-order valence-electron chi connectivity index (χ3n) is 3.19. The first-order valence-electron chi connectivity index (χ1n) is 6.41. The zero-order valence-corrected chi connectivity index (χ0v) is 12.7. The summed E-state index contributed by atoms with van der Waals surface area (Å²) in [7, 11) is 1.54. The van der Waals surface area contributed by atoms with Crippen LogP contribution in [0.5, 0.6) is 0 Å². The monoisotopic (exact) mass is 300 g/mol. The normalized spacial score (nSPS) is 9.95. The fourth-order valence-electron chi connectivity index (χ4n) is 1.95. The van der Waals surface area contributed by atoms with Crippen LogP contribution in [0, 0.1) is 18.3 Å². The molecule has 0 aliphatic rings. The number of nitrogens with two attached hydrogens (primary N) is 1. The number of thiophene rings is 1. The number of carbonyl (C=O) groups excluding carboxylic acids is 1. The second kappa shape index (κ2) is 6.29. The highest BCUT2D eigenvalue weighted by atomic mass is 32.1. The summed E-state index contributed by atoms with van der Waals surface area (Å²) < 4.78 is 0. The van der Waals surface area contributed by atoms with Crippen molar-refractivity contribution in [1.29, 1.82) is 5.26 Å². The maximum absolute atomic E-state index is 11.7. The molecule has 1 aromatic heterocycles. The van der Waals surface area contributed by atoms with Gasteiger partial charge in [-0.2, -0.15) is 5.26 Å².